The highest BCUT2D eigenvalue weighted by molar-refractivity contribution is 6.28. The standard InChI is InChI=1S/C46H27N/c1-2-8-28(9-3-1)31-14-15-32-24-39-40-25-33-16-19-36(23-35(33)27-42(40)41(39)26-34(32)22-31)47-43-20-17-29-10-4-6-12-37(29)45(43)46-38-13-7-5-11-30(38)18-21-44(46)47/h1-27H. The molecule has 1 heterocycles. The van der Waals surface area contributed by atoms with Crippen molar-refractivity contribution in [2.24, 2.45) is 0 Å². The molecule has 0 atom stereocenters. The first kappa shape index (κ1) is 25.1. The van der Waals surface area contributed by atoms with Gasteiger partial charge in [0, 0.05) is 16.5 Å². The van der Waals surface area contributed by atoms with Crippen LogP contribution in [0.1, 0.15) is 0 Å². The van der Waals surface area contributed by atoms with Crippen LogP contribution in [0.2, 0.25) is 0 Å². The molecule has 1 nitrogen and oxygen atoms in total. The fourth-order valence-electron chi connectivity index (χ4n) is 8.19. The number of hydrogen-bond donors (Lipinski definition) is 0. The van der Waals surface area contributed by atoms with E-state index in [0.717, 1.165) is 0 Å². The fraction of sp³-hybridized carbons (Fsp3) is 0. The minimum absolute atomic E-state index is 1.19. The minimum Gasteiger partial charge on any atom is -0.309 e. The van der Waals surface area contributed by atoms with E-state index in [1.807, 2.05) is 0 Å². The van der Waals surface area contributed by atoms with Gasteiger partial charge in [-0.15, -0.1) is 0 Å². The quantitative estimate of drug-likeness (QED) is 0.188. The van der Waals surface area contributed by atoms with Gasteiger partial charge in [-0.1, -0.05) is 109 Å². The minimum atomic E-state index is 1.19. The highest BCUT2D eigenvalue weighted by Crippen LogP contribution is 2.51. The summed E-state index contributed by atoms with van der Waals surface area (Å²) >= 11 is 0. The molecule has 216 valence electrons. The predicted molar refractivity (Wildman–Crippen MR) is 201 cm³/mol. The number of fused-ring (bicyclic) bond motifs is 13. The van der Waals surface area contributed by atoms with Gasteiger partial charge in [-0.05, 0) is 131 Å². The number of aromatic nitrogens is 1. The van der Waals surface area contributed by atoms with Gasteiger partial charge in [-0.2, -0.15) is 0 Å². The highest BCUT2D eigenvalue weighted by Gasteiger charge is 2.24. The largest absolute Gasteiger partial charge is 0.309 e. The van der Waals surface area contributed by atoms with Gasteiger partial charge in [0.2, 0.25) is 0 Å². The van der Waals surface area contributed by atoms with Gasteiger partial charge in [0.1, 0.15) is 0 Å². The van der Waals surface area contributed by atoms with Crippen molar-refractivity contribution in [1.29, 1.82) is 0 Å². The second-order valence-electron chi connectivity index (χ2n) is 13.0. The van der Waals surface area contributed by atoms with Crippen LogP contribution in [0.3, 0.4) is 0 Å². The van der Waals surface area contributed by atoms with Gasteiger partial charge in [0.15, 0.2) is 0 Å². The van der Waals surface area contributed by atoms with Crippen LogP contribution in [0, 0.1) is 0 Å². The molecule has 1 aliphatic rings. The molecule has 0 fully saturated rings. The zero-order valence-corrected chi connectivity index (χ0v) is 25.5. The van der Waals surface area contributed by atoms with E-state index < -0.39 is 0 Å². The first-order valence-electron chi connectivity index (χ1n) is 16.3. The molecule has 0 bridgehead atoms. The summed E-state index contributed by atoms with van der Waals surface area (Å²) in [6, 6.07) is 60.7. The van der Waals surface area contributed by atoms with Crippen LogP contribution in [0.25, 0.3) is 104 Å². The smallest absolute Gasteiger partial charge is 0.0547 e. The normalized spacial score (nSPS) is 12.3. The van der Waals surface area contributed by atoms with E-state index in [9.17, 15) is 0 Å². The predicted octanol–water partition coefficient (Wildman–Crippen LogP) is 12.7. The zero-order valence-electron chi connectivity index (χ0n) is 25.5. The lowest BCUT2D eigenvalue weighted by Crippen LogP contribution is -2.00. The highest BCUT2D eigenvalue weighted by atomic mass is 15.0. The molecule has 0 amide bonds. The molecular formula is C46H27N. The molecule has 0 saturated heterocycles. The lowest BCUT2D eigenvalue weighted by Gasteiger charge is -2.26. The van der Waals surface area contributed by atoms with Crippen LogP contribution in [0.4, 0.5) is 0 Å². The molecule has 10 aromatic rings. The van der Waals surface area contributed by atoms with Gasteiger partial charge < -0.3 is 4.57 Å². The molecular weight excluding hydrogens is 567 g/mol. The summed E-state index contributed by atoms with van der Waals surface area (Å²) in [5, 5.41) is 12.9. The van der Waals surface area contributed by atoms with Gasteiger partial charge in [0.05, 0.1) is 11.0 Å². The van der Waals surface area contributed by atoms with Crippen molar-refractivity contribution in [3.05, 3.63) is 164 Å². The molecule has 47 heavy (non-hydrogen) atoms. The monoisotopic (exact) mass is 593 g/mol. The van der Waals surface area contributed by atoms with E-state index in [-0.39, 0.29) is 0 Å². The van der Waals surface area contributed by atoms with Crippen LogP contribution >= 0.6 is 0 Å². The SMILES string of the molecule is c1ccc(-c2ccc3cc4c(cc3c2)-c2cc3cc(-n5c6ccc7ccccc7c6c6c7ccccc7ccc65)ccc3cc2-4)cc1. The van der Waals surface area contributed by atoms with E-state index in [2.05, 4.69) is 168 Å². The van der Waals surface area contributed by atoms with Crippen LogP contribution in [0.15, 0.2) is 164 Å². The molecule has 0 unspecified atom stereocenters. The Morgan fingerprint density at radius 1 is 0.298 bits per heavy atom. The van der Waals surface area contributed by atoms with Crippen molar-refractivity contribution in [2.75, 3.05) is 0 Å². The van der Waals surface area contributed by atoms with E-state index in [1.165, 1.54) is 104 Å². The summed E-state index contributed by atoms with van der Waals surface area (Å²) in [7, 11) is 0. The Bertz CT molecular complexity index is 2850. The third-order valence-electron chi connectivity index (χ3n) is 10.4. The topological polar surface area (TPSA) is 4.93 Å². The van der Waals surface area contributed by atoms with E-state index in [0.29, 0.717) is 0 Å². The van der Waals surface area contributed by atoms with Crippen molar-refractivity contribution < 1.29 is 0 Å². The van der Waals surface area contributed by atoms with Gasteiger partial charge in [0.25, 0.3) is 0 Å². The molecule has 0 radical (unpaired) electrons. The Morgan fingerprint density at radius 2 is 0.787 bits per heavy atom. The zero-order chi connectivity index (χ0) is 30.6. The summed E-state index contributed by atoms with van der Waals surface area (Å²) in [5.41, 5.74) is 11.6. The van der Waals surface area contributed by atoms with Gasteiger partial charge >= 0.3 is 0 Å². The van der Waals surface area contributed by atoms with Crippen molar-refractivity contribution in [2.45, 2.75) is 0 Å². The van der Waals surface area contributed by atoms with E-state index in [4.69, 9.17) is 0 Å². The van der Waals surface area contributed by atoms with Crippen molar-refractivity contribution in [3.8, 4) is 39.1 Å². The molecule has 11 rings (SSSR count). The first-order chi connectivity index (χ1) is 23.3. The van der Waals surface area contributed by atoms with Gasteiger partial charge in [-0.25, -0.2) is 0 Å². The molecule has 0 N–H and O–H groups in total. The maximum Gasteiger partial charge on any atom is 0.0547 e. The van der Waals surface area contributed by atoms with Crippen molar-refractivity contribution in [1.82, 2.24) is 4.57 Å². The van der Waals surface area contributed by atoms with Gasteiger partial charge in [-0.3, -0.25) is 0 Å². The Balaban J connectivity index is 1.11. The average molecular weight is 594 g/mol. The summed E-state index contributed by atoms with van der Waals surface area (Å²) < 4.78 is 2.47. The number of rotatable bonds is 2. The van der Waals surface area contributed by atoms with E-state index in [1.54, 1.807) is 0 Å². The Morgan fingerprint density at radius 3 is 1.40 bits per heavy atom. The number of nitrogens with zero attached hydrogens (tertiary/aromatic N) is 1. The maximum absolute atomic E-state index is 2.47. The molecule has 1 aromatic heterocycles. The van der Waals surface area contributed by atoms with Crippen LogP contribution < -0.4 is 0 Å². The molecule has 0 aliphatic heterocycles. The molecule has 0 saturated carbocycles. The second-order valence-corrected chi connectivity index (χ2v) is 13.0. The van der Waals surface area contributed by atoms with Crippen molar-refractivity contribution in [3.63, 3.8) is 0 Å². The molecule has 0 spiro atoms. The van der Waals surface area contributed by atoms with Crippen LogP contribution in [-0.4, -0.2) is 4.57 Å². The maximum atomic E-state index is 2.47. The lowest BCUT2D eigenvalue weighted by molar-refractivity contribution is 1.19. The lowest BCUT2D eigenvalue weighted by atomic mass is 9.77. The van der Waals surface area contributed by atoms with E-state index >= 15 is 0 Å². The van der Waals surface area contributed by atoms with Crippen LogP contribution in [0.5, 0.6) is 0 Å². The average Bonchev–Trinajstić information content (AvgIpc) is 3.49. The third-order valence-corrected chi connectivity index (χ3v) is 10.4. The number of hydrogen-bond acceptors (Lipinski definition) is 0. The Kier molecular flexibility index (Phi) is 4.90. The summed E-state index contributed by atoms with van der Waals surface area (Å²) in [6.45, 7) is 0. The molecule has 9 aromatic carbocycles. The molecule has 1 aliphatic carbocycles. The number of benzene rings is 9. The fourth-order valence-corrected chi connectivity index (χ4v) is 8.19. The summed E-state index contributed by atoms with van der Waals surface area (Å²) in [5.74, 6) is 0. The Labute approximate surface area is 271 Å². The summed E-state index contributed by atoms with van der Waals surface area (Å²) in [6.07, 6.45) is 0. The Hall–Kier alpha value is -6.18. The second kappa shape index (κ2) is 9.19. The van der Waals surface area contributed by atoms with Crippen molar-refractivity contribution >= 4 is 64.9 Å². The molecule has 1 heteroatoms. The summed E-state index contributed by atoms with van der Waals surface area (Å²) in [4.78, 5) is 0. The first-order valence-corrected chi connectivity index (χ1v) is 16.3. The third kappa shape index (κ3) is 3.49. The van der Waals surface area contributed by atoms with Crippen LogP contribution in [-0.2, 0) is 0 Å².